The normalized spacial score (nSPS) is 19.2. The molecule has 3 aromatic rings. The Balaban J connectivity index is 1.19. The van der Waals surface area contributed by atoms with Crippen LogP contribution in [0.15, 0.2) is 47.4 Å². The Hall–Kier alpha value is -3.04. The molecule has 0 unspecified atom stereocenters. The molecule has 1 aliphatic carbocycles. The average molecular weight is 582 g/mol. The molecular weight excluding hydrogens is 549 g/mol. The molecule has 3 aliphatic rings. The number of rotatable bonds is 8. The number of anilines is 3. The van der Waals surface area contributed by atoms with Gasteiger partial charge in [-0.15, -0.1) is 0 Å². The van der Waals surface area contributed by atoms with E-state index in [4.69, 9.17) is 21.6 Å². The molecule has 1 saturated carbocycles. The number of aryl methyl sites for hydroxylation is 1. The minimum atomic E-state index is -1.26. The third kappa shape index (κ3) is 6.31. The van der Waals surface area contributed by atoms with Crippen LogP contribution in [0.1, 0.15) is 54.8 Å². The fourth-order valence-corrected chi connectivity index (χ4v) is 6.92. The Bertz CT molecular complexity index is 1420. The number of hydrogen-bond acceptors (Lipinski definition) is 6. The van der Waals surface area contributed by atoms with Crippen molar-refractivity contribution < 1.29 is 13.4 Å². The number of benzene rings is 2. The number of nitrogens with zero attached hydrogens (tertiary/aromatic N) is 3. The molecule has 2 fully saturated rings. The van der Waals surface area contributed by atoms with Crippen molar-refractivity contribution in [2.24, 2.45) is 5.92 Å². The van der Waals surface area contributed by atoms with E-state index in [1.165, 1.54) is 11.6 Å². The summed E-state index contributed by atoms with van der Waals surface area (Å²) in [4.78, 5) is 24.6. The van der Waals surface area contributed by atoms with Crippen LogP contribution in [0.5, 0.6) is 0 Å². The van der Waals surface area contributed by atoms with Gasteiger partial charge in [-0.25, -0.2) is 9.37 Å². The predicted octanol–water partition coefficient (Wildman–Crippen LogP) is 5.52. The maximum absolute atomic E-state index is 15.2. The van der Waals surface area contributed by atoms with E-state index in [0.717, 1.165) is 55.9 Å². The van der Waals surface area contributed by atoms with Gasteiger partial charge in [-0.05, 0) is 85.8 Å². The van der Waals surface area contributed by atoms with Gasteiger partial charge in [0.1, 0.15) is 10.7 Å². The standard InChI is InChI=1S/C30H33ClFN5O2S/c31-23-8-6-21(7-9-23)22-11-13-37(14-12-22)30-35-26-2-1-15-40(39)28(26)29(36-30)34-25-10-5-20(16-24(25)32)17-27(38)33-18-19-3-4-19/h5-10,16,19,22H,1-4,11-15,17-18H2,(H,33,38)(H,34,35,36)/t40-/m1/s1. The first-order valence-corrected chi connectivity index (χ1v) is 15.7. The summed E-state index contributed by atoms with van der Waals surface area (Å²) < 4.78 is 28.2. The molecule has 1 atom stereocenters. The Labute approximate surface area is 241 Å². The third-order valence-corrected chi connectivity index (χ3v) is 9.75. The van der Waals surface area contributed by atoms with E-state index in [1.807, 2.05) is 12.1 Å². The summed E-state index contributed by atoms with van der Waals surface area (Å²) in [5.41, 5.74) is 2.89. The van der Waals surface area contributed by atoms with Crippen LogP contribution >= 0.6 is 11.6 Å². The van der Waals surface area contributed by atoms with Crippen molar-refractivity contribution in [3.8, 4) is 0 Å². The third-order valence-electron chi connectivity index (χ3n) is 7.95. The molecule has 10 heteroatoms. The topological polar surface area (TPSA) is 87.2 Å². The lowest BCUT2D eigenvalue weighted by atomic mass is 9.89. The van der Waals surface area contributed by atoms with Gasteiger partial charge in [0.15, 0.2) is 5.82 Å². The monoisotopic (exact) mass is 581 g/mol. The quantitative estimate of drug-likeness (QED) is 0.364. The molecular formula is C30H33ClFN5O2S. The first-order valence-electron chi connectivity index (χ1n) is 14.0. The van der Waals surface area contributed by atoms with Crippen molar-refractivity contribution in [2.75, 3.05) is 35.6 Å². The summed E-state index contributed by atoms with van der Waals surface area (Å²) in [6.07, 6.45) is 5.88. The number of carbonyl (C=O) groups excluding carboxylic acids is 1. The van der Waals surface area contributed by atoms with Crippen molar-refractivity contribution in [2.45, 2.75) is 55.8 Å². The van der Waals surface area contributed by atoms with Crippen LogP contribution in [0.3, 0.4) is 0 Å². The second kappa shape index (κ2) is 11.8. The fourth-order valence-electron chi connectivity index (χ4n) is 5.46. The first-order chi connectivity index (χ1) is 19.4. The number of carbonyl (C=O) groups is 1. The van der Waals surface area contributed by atoms with Gasteiger partial charge in [0, 0.05) is 30.4 Å². The maximum atomic E-state index is 15.2. The van der Waals surface area contributed by atoms with Gasteiger partial charge in [-0.1, -0.05) is 29.8 Å². The molecule has 1 aromatic heterocycles. The Morgan fingerprint density at radius 2 is 1.85 bits per heavy atom. The van der Waals surface area contributed by atoms with Gasteiger partial charge in [0.25, 0.3) is 0 Å². The highest BCUT2D eigenvalue weighted by Crippen LogP contribution is 2.35. The Morgan fingerprint density at radius 3 is 2.58 bits per heavy atom. The molecule has 1 amide bonds. The predicted molar refractivity (Wildman–Crippen MR) is 156 cm³/mol. The summed E-state index contributed by atoms with van der Waals surface area (Å²) in [5.74, 6) is 1.97. The highest BCUT2D eigenvalue weighted by Gasteiger charge is 2.28. The molecule has 40 heavy (non-hydrogen) atoms. The minimum absolute atomic E-state index is 0.100. The van der Waals surface area contributed by atoms with E-state index in [9.17, 15) is 9.00 Å². The van der Waals surface area contributed by atoms with Crippen molar-refractivity contribution in [1.82, 2.24) is 15.3 Å². The van der Waals surface area contributed by atoms with Crippen LogP contribution in [0.25, 0.3) is 0 Å². The SMILES string of the molecule is O=C(Cc1ccc(Nc2nc(N3CCC(c4ccc(Cl)cc4)CC3)nc3c2[S@](=O)CCC3)c(F)c1)NCC1CC1. The lowest BCUT2D eigenvalue weighted by Gasteiger charge is -2.33. The average Bonchev–Trinajstić information content (AvgIpc) is 3.79. The molecule has 1 saturated heterocycles. The Kier molecular flexibility index (Phi) is 8.03. The number of piperidine rings is 1. The maximum Gasteiger partial charge on any atom is 0.227 e. The number of hydrogen-bond donors (Lipinski definition) is 2. The van der Waals surface area contributed by atoms with Crippen molar-refractivity contribution in [1.29, 1.82) is 0 Å². The van der Waals surface area contributed by atoms with Crippen molar-refractivity contribution >= 4 is 45.8 Å². The molecule has 7 nitrogen and oxygen atoms in total. The summed E-state index contributed by atoms with van der Waals surface area (Å²) in [7, 11) is -1.26. The molecule has 0 bridgehead atoms. The van der Waals surface area contributed by atoms with E-state index in [1.54, 1.807) is 12.1 Å². The van der Waals surface area contributed by atoms with Crippen LogP contribution in [-0.4, -0.2) is 45.5 Å². The van der Waals surface area contributed by atoms with Gasteiger partial charge >= 0.3 is 0 Å². The largest absolute Gasteiger partial charge is 0.356 e. The van der Waals surface area contributed by atoms with E-state index in [2.05, 4.69) is 27.7 Å². The van der Waals surface area contributed by atoms with Crippen LogP contribution in [0.2, 0.25) is 5.02 Å². The second-order valence-electron chi connectivity index (χ2n) is 11.0. The summed E-state index contributed by atoms with van der Waals surface area (Å²) in [6, 6.07) is 12.8. The van der Waals surface area contributed by atoms with Gasteiger partial charge < -0.3 is 15.5 Å². The fraction of sp³-hybridized carbons (Fsp3) is 0.433. The molecule has 0 radical (unpaired) electrons. The second-order valence-corrected chi connectivity index (χ2v) is 12.9. The minimum Gasteiger partial charge on any atom is -0.356 e. The van der Waals surface area contributed by atoms with Gasteiger partial charge in [0.2, 0.25) is 11.9 Å². The highest BCUT2D eigenvalue weighted by atomic mass is 35.5. The Morgan fingerprint density at radius 1 is 1.07 bits per heavy atom. The molecule has 0 spiro atoms. The zero-order chi connectivity index (χ0) is 27.6. The number of fused-ring (bicyclic) bond motifs is 1. The molecule has 2 N–H and O–H groups in total. The van der Waals surface area contributed by atoms with Crippen molar-refractivity contribution in [3.05, 3.63) is 70.1 Å². The number of amides is 1. The molecule has 210 valence electrons. The first kappa shape index (κ1) is 27.1. The zero-order valence-corrected chi connectivity index (χ0v) is 23.9. The molecule has 3 heterocycles. The lowest BCUT2D eigenvalue weighted by molar-refractivity contribution is -0.120. The van der Waals surface area contributed by atoms with Crippen LogP contribution in [0, 0.1) is 11.7 Å². The van der Waals surface area contributed by atoms with Gasteiger partial charge in [-0.3, -0.25) is 9.00 Å². The van der Waals surface area contributed by atoms with E-state index < -0.39 is 16.6 Å². The van der Waals surface area contributed by atoms with Crippen LogP contribution < -0.4 is 15.5 Å². The summed E-state index contributed by atoms with van der Waals surface area (Å²) in [5, 5.41) is 6.78. The summed E-state index contributed by atoms with van der Waals surface area (Å²) in [6.45, 7) is 2.28. The van der Waals surface area contributed by atoms with Gasteiger partial charge in [-0.2, -0.15) is 4.98 Å². The van der Waals surface area contributed by atoms with Crippen LogP contribution in [0.4, 0.5) is 21.8 Å². The van der Waals surface area contributed by atoms with E-state index >= 15 is 4.39 Å². The van der Waals surface area contributed by atoms with Crippen molar-refractivity contribution in [3.63, 3.8) is 0 Å². The van der Waals surface area contributed by atoms with E-state index in [0.29, 0.717) is 52.8 Å². The molecule has 6 rings (SSSR count). The summed E-state index contributed by atoms with van der Waals surface area (Å²) >= 11 is 6.06. The van der Waals surface area contributed by atoms with E-state index in [-0.39, 0.29) is 18.0 Å². The molecule has 2 aromatic carbocycles. The number of halogens is 2. The lowest BCUT2D eigenvalue weighted by Crippen LogP contribution is -2.35. The zero-order valence-electron chi connectivity index (χ0n) is 22.3. The van der Waals surface area contributed by atoms with Gasteiger partial charge in [0.05, 0.1) is 28.6 Å². The number of nitrogens with one attached hydrogen (secondary N) is 2. The molecule has 2 aliphatic heterocycles. The number of aromatic nitrogens is 2. The smallest absolute Gasteiger partial charge is 0.227 e. The van der Waals surface area contributed by atoms with Crippen LogP contribution in [-0.2, 0) is 28.4 Å². The highest BCUT2D eigenvalue weighted by molar-refractivity contribution is 7.85.